The summed E-state index contributed by atoms with van der Waals surface area (Å²) in [7, 11) is -1.58. The number of hydrogen-bond acceptors (Lipinski definition) is 5. The van der Waals surface area contributed by atoms with Crippen molar-refractivity contribution in [1.82, 2.24) is 19.8 Å². The second kappa shape index (κ2) is 9.89. The predicted molar refractivity (Wildman–Crippen MR) is 108 cm³/mol. The molecule has 0 spiro atoms. The third-order valence-electron chi connectivity index (χ3n) is 5.78. The summed E-state index contributed by atoms with van der Waals surface area (Å²) in [6.45, 7) is 4.13. The van der Waals surface area contributed by atoms with E-state index in [1.165, 1.54) is 6.42 Å². The van der Waals surface area contributed by atoms with Gasteiger partial charge in [0.25, 0.3) is 5.91 Å². The average Bonchev–Trinajstić information content (AvgIpc) is 3.18. The van der Waals surface area contributed by atoms with Crippen LogP contribution in [0.3, 0.4) is 0 Å². The molecule has 2 aliphatic heterocycles. The van der Waals surface area contributed by atoms with Crippen molar-refractivity contribution in [3.05, 3.63) is 0 Å². The first kappa shape index (κ1) is 21.3. The van der Waals surface area contributed by atoms with Crippen molar-refractivity contribution in [3.8, 4) is 0 Å². The van der Waals surface area contributed by atoms with Crippen molar-refractivity contribution < 1.29 is 17.9 Å². The Bertz CT molecular complexity index is 651. The lowest BCUT2D eigenvalue weighted by atomic mass is 9.86. The van der Waals surface area contributed by atoms with E-state index in [-0.39, 0.29) is 17.8 Å². The van der Waals surface area contributed by atoms with Gasteiger partial charge in [-0.05, 0) is 31.6 Å². The minimum absolute atomic E-state index is 0.0240. The van der Waals surface area contributed by atoms with Gasteiger partial charge in [-0.15, -0.1) is 0 Å². The van der Waals surface area contributed by atoms with Gasteiger partial charge in [0.1, 0.15) is 6.10 Å². The first-order valence-electron chi connectivity index (χ1n) is 10.3. The van der Waals surface area contributed by atoms with Crippen molar-refractivity contribution in [2.45, 2.75) is 38.2 Å². The highest BCUT2D eigenvalue weighted by Crippen LogP contribution is 2.25. The van der Waals surface area contributed by atoms with Gasteiger partial charge in [0.2, 0.25) is 10.0 Å². The molecule has 1 aliphatic carbocycles. The van der Waals surface area contributed by atoms with Gasteiger partial charge < -0.3 is 19.9 Å². The first-order chi connectivity index (χ1) is 13.5. The topological polar surface area (TPSA) is 103 Å². The quantitative estimate of drug-likeness (QED) is 0.433. The maximum Gasteiger partial charge on any atom is 0.251 e. The molecule has 9 nitrogen and oxygen atoms in total. The number of hydrogen-bond donors (Lipinski definition) is 2. The van der Waals surface area contributed by atoms with Gasteiger partial charge in [-0.2, -0.15) is 0 Å². The van der Waals surface area contributed by atoms with Crippen LogP contribution in [0.5, 0.6) is 0 Å². The highest BCUT2D eigenvalue weighted by molar-refractivity contribution is 7.89. The fourth-order valence-corrected chi connectivity index (χ4v) is 4.76. The van der Waals surface area contributed by atoms with Crippen LogP contribution in [0.4, 0.5) is 0 Å². The van der Waals surface area contributed by atoms with E-state index in [1.54, 1.807) is 7.05 Å². The molecule has 3 rings (SSSR count). The molecule has 1 atom stereocenters. The Labute approximate surface area is 167 Å². The minimum Gasteiger partial charge on any atom is -0.368 e. The molecule has 2 saturated heterocycles. The number of nitrogens with zero attached hydrogens (tertiary/aromatic N) is 3. The van der Waals surface area contributed by atoms with Crippen LogP contribution in [0.15, 0.2) is 4.99 Å². The lowest BCUT2D eigenvalue weighted by Gasteiger charge is -2.37. The number of piperazine rings is 1. The first-order valence-corrected chi connectivity index (χ1v) is 12.0. The third-order valence-corrected chi connectivity index (χ3v) is 7.13. The van der Waals surface area contributed by atoms with E-state index in [9.17, 15) is 13.2 Å². The molecule has 1 saturated carbocycles. The van der Waals surface area contributed by atoms with Crippen molar-refractivity contribution in [2.24, 2.45) is 10.9 Å². The van der Waals surface area contributed by atoms with Crippen LogP contribution in [0, 0.1) is 5.92 Å². The molecule has 10 heteroatoms. The highest BCUT2D eigenvalue weighted by Gasteiger charge is 2.31. The summed E-state index contributed by atoms with van der Waals surface area (Å²) in [6, 6.07) is 0. The average molecular weight is 416 g/mol. The van der Waals surface area contributed by atoms with Crippen LogP contribution >= 0.6 is 0 Å². The summed E-state index contributed by atoms with van der Waals surface area (Å²) in [5.74, 6) is 1.29. The smallest absolute Gasteiger partial charge is 0.251 e. The number of carbonyl (C=O) groups is 1. The monoisotopic (exact) mass is 415 g/mol. The number of amides is 1. The molecule has 0 aromatic carbocycles. The number of carbonyl (C=O) groups excluding carboxylic acids is 1. The summed E-state index contributed by atoms with van der Waals surface area (Å²) in [5.41, 5.74) is 0. The lowest BCUT2D eigenvalue weighted by Crippen LogP contribution is -2.55. The number of nitrogens with one attached hydrogen (secondary N) is 2. The Kier molecular flexibility index (Phi) is 7.53. The second-order valence-electron chi connectivity index (χ2n) is 7.75. The molecule has 0 radical (unpaired) electrons. The van der Waals surface area contributed by atoms with Gasteiger partial charge in [0.05, 0.1) is 5.75 Å². The predicted octanol–water partition coefficient (Wildman–Crippen LogP) is -0.395. The molecule has 2 heterocycles. The minimum atomic E-state index is -3.27. The van der Waals surface area contributed by atoms with Gasteiger partial charge in [-0.1, -0.05) is 6.42 Å². The molecule has 3 fully saturated rings. The number of rotatable bonds is 7. The van der Waals surface area contributed by atoms with E-state index in [0.29, 0.717) is 57.8 Å². The van der Waals surface area contributed by atoms with Gasteiger partial charge >= 0.3 is 0 Å². The van der Waals surface area contributed by atoms with E-state index >= 15 is 0 Å². The van der Waals surface area contributed by atoms with Crippen molar-refractivity contribution in [1.29, 1.82) is 0 Å². The zero-order chi connectivity index (χ0) is 20.0. The molecule has 1 amide bonds. The maximum atomic E-state index is 12.4. The van der Waals surface area contributed by atoms with Crippen molar-refractivity contribution in [3.63, 3.8) is 0 Å². The molecule has 160 valence electrons. The molecule has 1 unspecified atom stereocenters. The van der Waals surface area contributed by atoms with Crippen LogP contribution in [0.1, 0.15) is 32.1 Å². The molecule has 28 heavy (non-hydrogen) atoms. The SMILES string of the molecule is CN=C(NCCS(=O)(=O)NCC1CCC1)N1CCN(C(=O)C2CCCO2)CC1. The van der Waals surface area contributed by atoms with Gasteiger partial charge in [0, 0.05) is 52.9 Å². The second-order valence-corrected chi connectivity index (χ2v) is 9.68. The van der Waals surface area contributed by atoms with Crippen LogP contribution < -0.4 is 10.0 Å². The normalized spacial score (nSPS) is 24.3. The largest absolute Gasteiger partial charge is 0.368 e. The number of aliphatic imine (C=N–C) groups is 1. The standard InChI is InChI=1S/C18H33N5O4S/c1-19-18(20-7-13-28(25,26)21-14-15-4-2-5-15)23-10-8-22(9-11-23)17(24)16-6-3-12-27-16/h15-16,21H,2-14H2,1H3,(H,19,20). The zero-order valence-corrected chi connectivity index (χ0v) is 17.5. The lowest BCUT2D eigenvalue weighted by molar-refractivity contribution is -0.142. The van der Waals surface area contributed by atoms with Gasteiger partial charge in [-0.25, -0.2) is 13.1 Å². The van der Waals surface area contributed by atoms with Crippen LogP contribution in [-0.2, 0) is 19.6 Å². The van der Waals surface area contributed by atoms with E-state index < -0.39 is 10.0 Å². The summed E-state index contributed by atoms with van der Waals surface area (Å²) in [5, 5.41) is 3.14. The summed E-state index contributed by atoms with van der Waals surface area (Å²) in [6.07, 6.45) is 4.93. The zero-order valence-electron chi connectivity index (χ0n) is 16.7. The Hall–Kier alpha value is -1.39. The summed E-state index contributed by atoms with van der Waals surface area (Å²) < 4.78 is 32.4. The van der Waals surface area contributed by atoms with Gasteiger partial charge in [-0.3, -0.25) is 9.79 Å². The fourth-order valence-electron chi connectivity index (χ4n) is 3.76. The molecule has 0 aromatic heterocycles. The number of guanidine groups is 1. The van der Waals surface area contributed by atoms with Gasteiger partial charge in [0.15, 0.2) is 5.96 Å². The fraction of sp³-hybridized carbons (Fsp3) is 0.889. The molecule has 3 aliphatic rings. The molecule has 2 N–H and O–H groups in total. The van der Waals surface area contributed by atoms with E-state index in [2.05, 4.69) is 19.9 Å². The Balaban J connectivity index is 1.37. The summed E-state index contributed by atoms with van der Waals surface area (Å²) in [4.78, 5) is 20.6. The molecule has 0 bridgehead atoms. The van der Waals surface area contributed by atoms with Crippen molar-refractivity contribution in [2.75, 3.05) is 58.7 Å². The van der Waals surface area contributed by atoms with E-state index in [0.717, 1.165) is 25.7 Å². The molecular weight excluding hydrogens is 382 g/mol. The van der Waals surface area contributed by atoms with Crippen LogP contribution in [0.25, 0.3) is 0 Å². The Morgan fingerprint density at radius 1 is 1.11 bits per heavy atom. The molecule has 0 aromatic rings. The maximum absolute atomic E-state index is 12.4. The molecular formula is C18H33N5O4S. The third kappa shape index (κ3) is 5.81. The van der Waals surface area contributed by atoms with E-state index in [1.807, 2.05) is 4.90 Å². The van der Waals surface area contributed by atoms with Crippen molar-refractivity contribution >= 4 is 21.9 Å². The van der Waals surface area contributed by atoms with Crippen LogP contribution in [-0.4, -0.2) is 94.9 Å². The highest BCUT2D eigenvalue weighted by atomic mass is 32.2. The number of ether oxygens (including phenoxy) is 1. The Morgan fingerprint density at radius 2 is 1.82 bits per heavy atom. The number of sulfonamides is 1. The summed E-state index contributed by atoms with van der Waals surface area (Å²) >= 11 is 0. The van der Waals surface area contributed by atoms with E-state index in [4.69, 9.17) is 4.74 Å². The van der Waals surface area contributed by atoms with Crippen LogP contribution in [0.2, 0.25) is 0 Å². The Morgan fingerprint density at radius 3 is 2.39 bits per heavy atom.